The van der Waals surface area contributed by atoms with E-state index in [1.54, 1.807) is 6.55 Å². The van der Waals surface area contributed by atoms with Crippen molar-refractivity contribution in [1.29, 1.82) is 0 Å². The fourth-order valence-electron chi connectivity index (χ4n) is 0.482. The minimum Gasteiger partial charge on any atom is -0.130 e. The molecular formula is C2H12Cl12Si8. The van der Waals surface area contributed by atoms with Crippen molar-refractivity contribution in [2.75, 3.05) is 0 Å². The Labute approximate surface area is 198 Å². The molecule has 0 bridgehead atoms. The lowest BCUT2D eigenvalue weighted by atomic mass is 11.9. The van der Waals surface area contributed by atoms with Crippen LogP contribution in [0.15, 0.2) is 0 Å². The van der Waals surface area contributed by atoms with Crippen LogP contribution in [0.2, 0.25) is 13.1 Å². The van der Waals surface area contributed by atoms with E-state index in [4.69, 9.17) is 133 Å². The summed E-state index contributed by atoms with van der Waals surface area (Å²) in [6.45, 7) is -0.421. The zero-order chi connectivity index (χ0) is 19.0. The van der Waals surface area contributed by atoms with Crippen LogP contribution in [0.1, 0.15) is 0 Å². The van der Waals surface area contributed by atoms with Crippen LogP contribution < -0.4 is 0 Å². The number of hydrogen-bond donors (Lipinski definition) is 0. The van der Waals surface area contributed by atoms with Gasteiger partial charge in [0.15, 0.2) is 6.63 Å². The zero-order valence-corrected chi connectivity index (χ0v) is 30.6. The van der Waals surface area contributed by atoms with Crippen molar-refractivity contribution in [2.24, 2.45) is 0 Å². The molecule has 0 aromatic carbocycles. The van der Waals surface area contributed by atoms with Crippen LogP contribution in [-0.4, -0.2) is 54.9 Å². The maximum absolute atomic E-state index is 5.90. The summed E-state index contributed by atoms with van der Waals surface area (Å²) in [5.41, 5.74) is -12.1. The van der Waals surface area contributed by atoms with E-state index < -0.39 is 35.3 Å². The number of halogens is 12. The van der Waals surface area contributed by atoms with Crippen LogP contribution in [0.5, 0.6) is 0 Å². The minimum atomic E-state index is -3.29. The van der Waals surface area contributed by atoms with Crippen LogP contribution in [0.4, 0.5) is 0 Å². The van der Waals surface area contributed by atoms with Crippen molar-refractivity contribution >= 4 is 188 Å². The summed E-state index contributed by atoms with van der Waals surface area (Å²) in [6.07, 6.45) is 0. The Bertz CT molecular complexity index is 304. The highest BCUT2D eigenvalue weighted by Gasteiger charge is 2.75. The largest absolute Gasteiger partial charge is 0.328 e. The molecule has 0 fully saturated rings. The van der Waals surface area contributed by atoms with Crippen LogP contribution in [-0.2, 0) is 0 Å². The maximum atomic E-state index is 5.90. The van der Waals surface area contributed by atoms with Crippen molar-refractivity contribution < 1.29 is 0 Å². The highest BCUT2D eigenvalue weighted by Crippen LogP contribution is 2.51. The van der Waals surface area contributed by atoms with Crippen LogP contribution in [0.3, 0.4) is 0 Å². The van der Waals surface area contributed by atoms with E-state index in [9.17, 15) is 0 Å². The molecule has 136 valence electrons. The molecule has 0 aliphatic heterocycles. The Morgan fingerprint density at radius 3 is 0.591 bits per heavy atom. The molecule has 0 radical (unpaired) electrons. The molecule has 0 amide bonds. The summed E-state index contributed by atoms with van der Waals surface area (Å²) in [4.78, 5) is 0. The molecule has 0 aromatic rings. The van der Waals surface area contributed by atoms with Gasteiger partial charge in [-0.25, -0.2) is 0 Å². The smallest absolute Gasteiger partial charge is 0.130 e. The lowest BCUT2D eigenvalue weighted by Crippen LogP contribution is -2.74. The van der Waals surface area contributed by atoms with Gasteiger partial charge in [-0.1, -0.05) is 13.1 Å². The van der Waals surface area contributed by atoms with E-state index >= 15 is 0 Å². The van der Waals surface area contributed by atoms with Crippen molar-refractivity contribution in [1.82, 2.24) is 0 Å². The van der Waals surface area contributed by atoms with Gasteiger partial charge in [0.05, 0.1) is 6.63 Å². The summed E-state index contributed by atoms with van der Waals surface area (Å²) in [5.74, 6) is 0. The van der Waals surface area contributed by atoms with Gasteiger partial charge in [0.25, 0.3) is 0 Å². The average molecular weight is 686 g/mol. The summed E-state index contributed by atoms with van der Waals surface area (Å²) in [7, 11) is 2.31. The fraction of sp³-hybridized carbons (Fsp3) is 1.00. The third kappa shape index (κ3) is 8.70. The Hall–Kier alpha value is 5.22. The Kier molecular flexibility index (Phi) is 13.1. The second kappa shape index (κ2) is 9.81. The van der Waals surface area contributed by atoms with Crippen LogP contribution >= 0.6 is 133 Å². The maximum Gasteiger partial charge on any atom is 0.328 e. The van der Waals surface area contributed by atoms with Crippen LogP contribution in [0.25, 0.3) is 0 Å². The molecular weight excluding hydrogens is 674 g/mol. The summed E-state index contributed by atoms with van der Waals surface area (Å²) in [6, 6.07) is 0. The molecule has 0 aromatic heterocycles. The molecule has 0 heterocycles. The molecule has 0 N–H and O–H groups in total. The molecule has 0 saturated heterocycles. The van der Waals surface area contributed by atoms with E-state index in [1.165, 1.54) is 0 Å². The molecule has 0 atom stereocenters. The summed E-state index contributed by atoms with van der Waals surface area (Å²) in [5, 5.41) is 0. The second-order valence-electron chi connectivity index (χ2n) is 5.37. The first-order valence-electron chi connectivity index (χ1n) is 5.27. The lowest BCUT2D eigenvalue weighted by Gasteiger charge is -2.39. The second-order valence-corrected chi connectivity index (χ2v) is 109. The Balaban J connectivity index is 0. The van der Waals surface area contributed by atoms with Gasteiger partial charge in [-0.15, -0.1) is 133 Å². The molecule has 0 saturated carbocycles. The lowest BCUT2D eigenvalue weighted by molar-refractivity contribution is 2.27. The predicted molar refractivity (Wildman–Crippen MR) is 136 cm³/mol. The van der Waals surface area contributed by atoms with Gasteiger partial charge in [0, 0.05) is 0 Å². The molecule has 0 spiro atoms. The zero-order valence-electron chi connectivity index (χ0n) is 11.5. The quantitative estimate of drug-likeness (QED) is 0.295. The van der Waals surface area contributed by atoms with Crippen LogP contribution in [0, 0.1) is 0 Å². The standard InChI is InChI=1S/CH3Cl9Si4.CH9Cl3Si4/c1-11(12(2,3)4,13(5,6)7)14(8,9)10;1-7(5,6)8(2,3)4/h1H3;1,5-6H3. The minimum absolute atomic E-state index is 1.15. The molecule has 0 aliphatic carbocycles. The molecule has 0 aliphatic rings. The van der Waals surface area contributed by atoms with Gasteiger partial charge in [0.1, 0.15) is 0 Å². The first-order valence-corrected chi connectivity index (χ1v) is 41.4. The van der Waals surface area contributed by atoms with Gasteiger partial charge >= 0.3 is 22.1 Å². The van der Waals surface area contributed by atoms with Crippen molar-refractivity contribution in [3.8, 4) is 0 Å². The molecule has 0 unspecified atom stereocenters. The number of rotatable bonds is 4. The first kappa shape index (κ1) is 29.4. The van der Waals surface area contributed by atoms with Gasteiger partial charge in [-0.2, -0.15) is 0 Å². The predicted octanol–water partition coefficient (Wildman–Crippen LogP) is 4.79. The van der Waals surface area contributed by atoms with Gasteiger partial charge in [0.2, 0.25) is 0 Å². The van der Waals surface area contributed by atoms with E-state index in [-0.39, 0.29) is 0 Å². The monoisotopic (exact) mass is 680 g/mol. The molecule has 22 heavy (non-hydrogen) atoms. The topological polar surface area (TPSA) is 0 Å². The van der Waals surface area contributed by atoms with E-state index in [0.29, 0.717) is 0 Å². The van der Waals surface area contributed by atoms with Gasteiger partial charge in [-0.3, -0.25) is 0 Å². The molecule has 0 nitrogen and oxygen atoms in total. The normalized spacial score (nSPS) is 17.7. The Morgan fingerprint density at radius 1 is 0.455 bits per heavy atom. The third-order valence-corrected chi connectivity index (χ3v) is 145. The highest BCUT2D eigenvalue weighted by atomic mass is 35.9. The van der Waals surface area contributed by atoms with Gasteiger partial charge < -0.3 is 0 Å². The van der Waals surface area contributed by atoms with E-state index in [1.807, 2.05) is 0 Å². The SMILES string of the molecule is C[Si]([SiH3])([SiH3])[Si](Cl)(Cl)Cl.C[Si]([Si](Cl)(Cl)Cl)([Si](Cl)(Cl)Cl)[Si](Cl)(Cl)Cl. The average Bonchev–Trinajstić information content (AvgIpc) is 2.08. The van der Waals surface area contributed by atoms with E-state index in [0.717, 1.165) is 19.5 Å². The van der Waals surface area contributed by atoms with Crippen molar-refractivity contribution in [3.05, 3.63) is 0 Å². The summed E-state index contributed by atoms with van der Waals surface area (Å²) < 4.78 is 0. The van der Waals surface area contributed by atoms with Gasteiger partial charge in [-0.05, 0) is 19.5 Å². The Morgan fingerprint density at radius 2 is 0.591 bits per heavy atom. The first-order chi connectivity index (χ1) is 9.00. The fourth-order valence-corrected chi connectivity index (χ4v) is 117. The summed E-state index contributed by atoms with van der Waals surface area (Å²) >= 11 is 70.6. The van der Waals surface area contributed by atoms with Crippen molar-refractivity contribution in [2.45, 2.75) is 13.1 Å². The number of hydrogen-bond acceptors (Lipinski definition) is 0. The molecule has 20 heteroatoms. The molecule has 0 rings (SSSR count). The third-order valence-electron chi connectivity index (χ3n) is 2.55. The highest BCUT2D eigenvalue weighted by molar-refractivity contribution is 8.28. The van der Waals surface area contributed by atoms with Crippen molar-refractivity contribution in [3.63, 3.8) is 0 Å². The van der Waals surface area contributed by atoms with E-state index in [2.05, 4.69) is 6.55 Å².